The standard InChI is InChI=1S/C22H30O6S2/c1-21(2,3)15-27-29(23,24)19-13-9-7-11-17(19)18-12-8-10-14-20(18)30(25,26)28-16-22(4,5)6/h7-14H,15-16H2,1-6H3. The van der Waals surface area contributed by atoms with Gasteiger partial charge in [0.05, 0.1) is 13.2 Å². The molecule has 0 aliphatic rings. The normalized spacial score (nSPS) is 13.4. The first-order valence-electron chi connectivity index (χ1n) is 9.60. The highest BCUT2D eigenvalue weighted by atomic mass is 32.2. The summed E-state index contributed by atoms with van der Waals surface area (Å²) in [5.74, 6) is 0. The highest BCUT2D eigenvalue weighted by Crippen LogP contribution is 2.34. The van der Waals surface area contributed by atoms with Crippen molar-refractivity contribution in [3.63, 3.8) is 0 Å². The average molecular weight is 455 g/mol. The summed E-state index contributed by atoms with van der Waals surface area (Å²) in [4.78, 5) is -0.180. The molecular weight excluding hydrogens is 424 g/mol. The Morgan fingerprint density at radius 3 is 1.20 bits per heavy atom. The predicted molar refractivity (Wildman–Crippen MR) is 117 cm³/mol. The predicted octanol–water partition coefficient (Wildman–Crippen LogP) is 4.86. The van der Waals surface area contributed by atoms with Crippen LogP contribution in [-0.4, -0.2) is 30.0 Å². The first kappa shape index (κ1) is 24.5. The summed E-state index contributed by atoms with van der Waals surface area (Å²) < 4.78 is 62.1. The molecular formula is C22H30O6S2. The SMILES string of the molecule is CC(C)(C)COS(=O)(=O)c1ccccc1-c1ccccc1S(=O)(=O)OCC(C)(C)C. The molecule has 30 heavy (non-hydrogen) atoms. The average Bonchev–Trinajstić information content (AvgIpc) is 2.64. The monoisotopic (exact) mass is 454 g/mol. The molecule has 0 amide bonds. The first-order chi connectivity index (χ1) is 13.6. The molecule has 0 saturated heterocycles. The lowest BCUT2D eigenvalue weighted by Gasteiger charge is -2.20. The van der Waals surface area contributed by atoms with Gasteiger partial charge >= 0.3 is 0 Å². The van der Waals surface area contributed by atoms with Crippen molar-refractivity contribution >= 4 is 20.2 Å². The molecule has 0 fully saturated rings. The molecule has 0 bridgehead atoms. The summed E-state index contributed by atoms with van der Waals surface area (Å²) in [6, 6.07) is 12.4. The number of hydrogen-bond acceptors (Lipinski definition) is 6. The van der Waals surface area contributed by atoms with Gasteiger partial charge in [-0.05, 0) is 23.0 Å². The van der Waals surface area contributed by atoms with Gasteiger partial charge in [0.25, 0.3) is 20.2 Å². The van der Waals surface area contributed by atoms with E-state index in [0.717, 1.165) is 0 Å². The fourth-order valence-electron chi connectivity index (χ4n) is 2.45. The quantitative estimate of drug-likeness (QED) is 0.556. The summed E-state index contributed by atoms with van der Waals surface area (Å²) in [6.07, 6.45) is 0. The lowest BCUT2D eigenvalue weighted by atomic mass is 9.99. The largest absolute Gasteiger partial charge is 0.297 e. The van der Waals surface area contributed by atoms with Crippen LogP contribution in [0, 0.1) is 10.8 Å². The highest BCUT2D eigenvalue weighted by Gasteiger charge is 2.28. The molecule has 0 N–H and O–H groups in total. The molecule has 0 unspecified atom stereocenters. The zero-order valence-electron chi connectivity index (χ0n) is 18.3. The third-order valence-corrected chi connectivity index (χ3v) is 6.54. The van der Waals surface area contributed by atoms with E-state index in [1.54, 1.807) is 36.4 Å². The summed E-state index contributed by atoms with van der Waals surface area (Å²) in [7, 11) is -8.21. The van der Waals surface area contributed by atoms with Crippen LogP contribution in [0.15, 0.2) is 58.3 Å². The Balaban J connectivity index is 2.55. The number of benzene rings is 2. The highest BCUT2D eigenvalue weighted by molar-refractivity contribution is 7.87. The Hall–Kier alpha value is -1.74. The van der Waals surface area contributed by atoms with Gasteiger partial charge in [-0.15, -0.1) is 0 Å². The maximum absolute atomic E-state index is 12.9. The second kappa shape index (κ2) is 8.78. The summed E-state index contributed by atoms with van der Waals surface area (Å²) in [5, 5.41) is 0. The Labute approximate surface area is 180 Å². The third kappa shape index (κ3) is 6.63. The van der Waals surface area contributed by atoms with Crippen molar-refractivity contribution in [2.45, 2.75) is 51.3 Å². The number of rotatable bonds is 7. The lowest BCUT2D eigenvalue weighted by molar-refractivity contribution is 0.203. The van der Waals surface area contributed by atoms with Crippen molar-refractivity contribution in [1.82, 2.24) is 0 Å². The van der Waals surface area contributed by atoms with Crippen LogP contribution in [0.3, 0.4) is 0 Å². The topological polar surface area (TPSA) is 86.7 Å². The Morgan fingerprint density at radius 2 is 0.900 bits per heavy atom. The molecule has 0 radical (unpaired) electrons. The summed E-state index contributed by atoms with van der Waals surface area (Å²) >= 11 is 0. The van der Waals surface area contributed by atoms with E-state index in [-0.39, 0.29) is 45.0 Å². The maximum atomic E-state index is 12.9. The van der Waals surface area contributed by atoms with Gasteiger partial charge in [-0.25, -0.2) is 0 Å². The molecule has 0 saturated carbocycles. The Morgan fingerprint density at radius 1 is 0.600 bits per heavy atom. The lowest BCUT2D eigenvalue weighted by Crippen LogP contribution is -2.20. The van der Waals surface area contributed by atoms with Gasteiger partial charge in [-0.1, -0.05) is 77.9 Å². The van der Waals surface area contributed by atoms with Crippen molar-refractivity contribution in [2.24, 2.45) is 10.8 Å². The van der Waals surface area contributed by atoms with Crippen molar-refractivity contribution in [2.75, 3.05) is 13.2 Å². The van der Waals surface area contributed by atoms with Crippen LogP contribution in [-0.2, 0) is 28.6 Å². The summed E-state index contributed by atoms with van der Waals surface area (Å²) in [6.45, 7) is 11.2. The van der Waals surface area contributed by atoms with Crippen LogP contribution in [0.4, 0.5) is 0 Å². The van der Waals surface area contributed by atoms with Crippen LogP contribution >= 0.6 is 0 Å². The maximum Gasteiger partial charge on any atom is 0.297 e. The fourth-order valence-corrected chi connectivity index (χ4v) is 5.11. The van der Waals surface area contributed by atoms with Gasteiger partial charge < -0.3 is 0 Å². The smallest absolute Gasteiger partial charge is 0.266 e. The first-order valence-corrected chi connectivity index (χ1v) is 12.4. The molecule has 6 nitrogen and oxygen atoms in total. The molecule has 2 aromatic rings. The Kier molecular flexibility index (Phi) is 7.18. The van der Waals surface area contributed by atoms with Crippen molar-refractivity contribution in [1.29, 1.82) is 0 Å². The third-order valence-electron chi connectivity index (χ3n) is 3.90. The molecule has 0 aliphatic carbocycles. The van der Waals surface area contributed by atoms with E-state index in [0.29, 0.717) is 0 Å². The molecule has 2 rings (SSSR count). The van der Waals surface area contributed by atoms with Gasteiger partial charge in [0, 0.05) is 11.1 Å². The number of hydrogen-bond donors (Lipinski definition) is 0. The van der Waals surface area contributed by atoms with E-state index < -0.39 is 20.2 Å². The molecule has 0 aromatic heterocycles. The fraction of sp³-hybridized carbons (Fsp3) is 0.455. The van der Waals surface area contributed by atoms with Gasteiger partial charge in [0.1, 0.15) is 9.79 Å². The second-order valence-corrected chi connectivity index (χ2v) is 12.7. The molecule has 0 atom stereocenters. The second-order valence-electron chi connectivity index (χ2n) is 9.55. The molecule has 0 aliphatic heterocycles. The van der Waals surface area contributed by atoms with E-state index in [4.69, 9.17) is 8.37 Å². The minimum absolute atomic E-state index is 0.00168. The van der Waals surface area contributed by atoms with Crippen LogP contribution in [0.5, 0.6) is 0 Å². The van der Waals surface area contributed by atoms with Crippen molar-refractivity contribution in [3.05, 3.63) is 48.5 Å². The van der Waals surface area contributed by atoms with E-state index >= 15 is 0 Å². The van der Waals surface area contributed by atoms with Gasteiger partial charge in [-0.2, -0.15) is 16.8 Å². The van der Waals surface area contributed by atoms with Crippen LogP contribution in [0.2, 0.25) is 0 Å². The molecule has 2 aromatic carbocycles. The van der Waals surface area contributed by atoms with E-state index in [2.05, 4.69) is 0 Å². The van der Waals surface area contributed by atoms with E-state index in [1.165, 1.54) is 12.1 Å². The zero-order valence-corrected chi connectivity index (χ0v) is 19.9. The van der Waals surface area contributed by atoms with E-state index in [1.807, 2.05) is 41.5 Å². The van der Waals surface area contributed by atoms with Crippen LogP contribution < -0.4 is 0 Å². The van der Waals surface area contributed by atoms with Crippen molar-refractivity contribution < 1.29 is 25.2 Å². The molecule has 0 spiro atoms. The van der Waals surface area contributed by atoms with Gasteiger partial charge in [0.15, 0.2) is 0 Å². The van der Waals surface area contributed by atoms with Gasteiger partial charge in [-0.3, -0.25) is 8.37 Å². The van der Waals surface area contributed by atoms with Crippen molar-refractivity contribution in [3.8, 4) is 11.1 Å². The minimum atomic E-state index is -4.11. The van der Waals surface area contributed by atoms with Gasteiger partial charge in [0.2, 0.25) is 0 Å². The molecule has 0 heterocycles. The van der Waals surface area contributed by atoms with Crippen LogP contribution in [0.25, 0.3) is 11.1 Å². The molecule has 166 valence electrons. The van der Waals surface area contributed by atoms with Crippen LogP contribution in [0.1, 0.15) is 41.5 Å². The Bertz CT molecular complexity index is 999. The summed E-state index contributed by atoms with van der Waals surface area (Å²) in [5.41, 5.74) is -0.233. The zero-order chi connectivity index (χ0) is 22.8. The molecule has 8 heteroatoms. The van der Waals surface area contributed by atoms with E-state index in [9.17, 15) is 16.8 Å². The minimum Gasteiger partial charge on any atom is -0.266 e.